The number of carbonyl (C=O) groups excluding carboxylic acids is 1. The molecule has 6 heteroatoms. The second-order valence-electron chi connectivity index (χ2n) is 9.08. The lowest BCUT2D eigenvalue weighted by atomic mass is 10.0. The number of pyridine rings is 1. The number of piperazine rings is 1. The molecule has 160 valence electrons. The number of carbonyl (C=O) groups is 1. The number of anilines is 1. The average Bonchev–Trinajstić information content (AvgIpc) is 3.49. The summed E-state index contributed by atoms with van der Waals surface area (Å²) in [5.74, 6) is 0.591. The largest absolute Gasteiger partial charge is 0.369 e. The van der Waals surface area contributed by atoms with Crippen LogP contribution in [0.15, 0.2) is 42.6 Å². The van der Waals surface area contributed by atoms with Crippen LogP contribution in [0, 0.1) is 5.92 Å². The zero-order chi connectivity index (χ0) is 21.1. The molecule has 1 amide bonds. The number of rotatable bonds is 7. The zero-order valence-electron chi connectivity index (χ0n) is 17.9. The number of nitrogens with zero attached hydrogens (tertiary/aromatic N) is 3. The van der Waals surface area contributed by atoms with Crippen molar-refractivity contribution in [3.8, 4) is 0 Å². The van der Waals surface area contributed by atoms with Crippen LogP contribution in [0.3, 0.4) is 0 Å². The van der Waals surface area contributed by atoms with E-state index in [-0.39, 0.29) is 11.4 Å². The Hall–Kier alpha value is -2.11. The summed E-state index contributed by atoms with van der Waals surface area (Å²) in [5, 5.41) is 3.99. The van der Waals surface area contributed by atoms with Gasteiger partial charge in [0, 0.05) is 55.2 Å². The summed E-state index contributed by atoms with van der Waals surface area (Å²) in [6.07, 6.45) is 4.46. The number of halogens is 1. The third-order valence-electron chi connectivity index (χ3n) is 6.06. The van der Waals surface area contributed by atoms with Crippen molar-refractivity contribution in [3.05, 3.63) is 58.9 Å². The SMILES string of the molecule is CC(C)CN1CCN(c2ccnc(C(=O)NC3(Cc4ccccc4Cl)CC3)c2)CC1. The summed E-state index contributed by atoms with van der Waals surface area (Å²) in [6, 6.07) is 11.8. The van der Waals surface area contributed by atoms with Crippen LogP contribution >= 0.6 is 11.6 Å². The fourth-order valence-corrected chi connectivity index (χ4v) is 4.46. The van der Waals surface area contributed by atoms with Crippen LogP contribution in [-0.2, 0) is 6.42 Å². The third kappa shape index (κ3) is 5.13. The first-order valence-corrected chi connectivity index (χ1v) is 11.3. The maximum atomic E-state index is 13.0. The highest BCUT2D eigenvalue weighted by Gasteiger charge is 2.44. The van der Waals surface area contributed by atoms with Crippen molar-refractivity contribution in [2.45, 2.75) is 38.6 Å². The molecule has 4 rings (SSSR count). The highest BCUT2D eigenvalue weighted by Crippen LogP contribution is 2.40. The van der Waals surface area contributed by atoms with Crippen molar-refractivity contribution in [1.29, 1.82) is 0 Å². The van der Waals surface area contributed by atoms with Crippen molar-refractivity contribution >= 4 is 23.2 Å². The van der Waals surface area contributed by atoms with Gasteiger partial charge in [0.05, 0.1) is 0 Å². The predicted octanol–water partition coefficient (Wildman–Crippen LogP) is 4.02. The van der Waals surface area contributed by atoms with E-state index in [2.05, 4.69) is 33.9 Å². The molecule has 2 heterocycles. The molecule has 1 aliphatic heterocycles. The number of nitrogens with one attached hydrogen (secondary N) is 1. The van der Waals surface area contributed by atoms with E-state index in [0.717, 1.165) is 68.3 Å². The molecule has 0 spiro atoms. The Balaban J connectivity index is 1.38. The van der Waals surface area contributed by atoms with Crippen LogP contribution < -0.4 is 10.2 Å². The lowest BCUT2D eigenvalue weighted by Crippen LogP contribution is -2.47. The molecule has 0 atom stereocenters. The molecule has 5 nitrogen and oxygen atoms in total. The lowest BCUT2D eigenvalue weighted by molar-refractivity contribution is 0.0926. The predicted molar refractivity (Wildman–Crippen MR) is 122 cm³/mol. The summed E-state index contributed by atoms with van der Waals surface area (Å²) in [7, 11) is 0. The van der Waals surface area contributed by atoms with Gasteiger partial charge in [0.25, 0.3) is 5.91 Å². The Kier molecular flexibility index (Phi) is 6.30. The van der Waals surface area contributed by atoms with Gasteiger partial charge in [0.15, 0.2) is 0 Å². The molecule has 2 fully saturated rings. The van der Waals surface area contributed by atoms with Gasteiger partial charge in [-0.2, -0.15) is 0 Å². The molecule has 0 unspecified atom stereocenters. The summed E-state index contributed by atoms with van der Waals surface area (Å²) < 4.78 is 0. The second kappa shape index (κ2) is 8.94. The molecule has 1 aliphatic carbocycles. The molecule has 0 bridgehead atoms. The first kappa shape index (κ1) is 21.1. The number of amides is 1. The minimum absolute atomic E-state index is 0.0974. The number of benzene rings is 1. The zero-order valence-corrected chi connectivity index (χ0v) is 18.7. The Bertz CT molecular complexity index is 888. The van der Waals surface area contributed by atoms with Crippen LogP contribution in [0.5, 0.6) is 0 Å². The molecule has 1 aromatic heterocycles. The van der Waals surface area contributed by atoms with Crippen molar-refractivity contribution < 1.29 is 4.79 Å². The van der Waals surface area contributed by atoms with Gasteiger partial charge in [-0.3, -0.25) is 14.7 Å². The highest BCUT2D eigenvalue weighted by molar-refractivity contribution is 6.31. The van der Waals surface area contributed by atoms with Crippen LogP contribution in [0.2, 0.25) is 5.02 Å². The minimum atomic E-state index is -0.192. The smallest absolute Gasteiger partial charge is 0.270 e. The van der Waals surface area contributed by atoms with Crippen LogP contribution in [-0.4, -0.2) is 54.1 Å². The Morgan fingerprint density at radius 1 is 1.17 bits per heavy atom. The lowest BCUT2D eigenvalue weighted by Gasteiger charge is -2.36. The summed E-state index contributed by atoms with van der Waals surface area (Å²) >= 11 is 6.32. The topological polar surface area (TPSA) is 48.5 Å². The maximum absolute atomic E-state index is 13.0. The molecule has 30 heavy (non-hydrogen) atoms. The van der Waals surface area contributed by atoms with Gasteiger partial charge < -0.3 is 10.2 Å². The van der Waals surface area contributed by atoms with E-state index in [1.807, 2.05) is 36.4 Å². The molecule has 2 aromatic rings. The van der Waals surface area contributed by atoms with Gasteiger partial charge in [-0.05, 0) is 48.9 Å². The van der Waals surface area contributed by atoms with Crippen molar-refractivity contribution in [2.75, 3.05) is 37.6 Å². The van der Waals surface area contributed by atoms with E-state index in [1.54, 1.807) is 6.20 Å². The standard InChI is InChI=1S/C24H31ClN4O/c1-18(2)17-28-11-13-29(14-12-28)20-7-10-26-22(15-20)23(30)27-24(8-9-24)16-19-5-3-4-6-21(19)25/h3-7,10,15,18H,8-9,11-14,16-17H2,1-2H3,(H,27,30). The van der Waals surface area contributed by atoms with Crippen LogP contribution in [0.1, 0.15) is 42.7 Å². The third-order valence-corrected chi connectivity index (χ3v) is 6.42. The van der Waals surface area contributed by atoms with Gasteiger partial charge in [-0.15, -0.1) is 0 Å². The number of hydrogen-bond donors (Lipinski definition) is 1. The number of aromatic nitrogens is 1. The monoisotopic (exact) mass is 426 g/mol. The summed E-state index contributed by atoms with van der Waals surface area (Å²) in [6.45, 7) is 9.75. The molecule has 1 N–H and O–H groups in total. The molecule has 1 saturated carbocycles. The van der Waals surface area contributed by atoms with Gasteiger partial charge >= 0.3 is 0 Å². The van der Waals surface area contributed by atoms with E-state index in [0.29, 0.717) is 11.6 Å². The molecule has 1 aromatic carbocycles. The fourth-order valence-electron chi connectivity index (χ4n) is 4.25. The Morgan fingerprint density at radius 3 is 2.57 bits per heavy atom. The van der Waals surface area contributed by atoms with Gasteiger partial charge in [-0.1, -0.05) is 43.6 Å². The van der Waals surface area contributed by atoms with E-state index in [9.17, 15) is 4.79 Å². The second-order valence-corrected chi connectivity index (χ2v) is 9.49. The molecule has 2 aliphatic rings. The van der Waals surface area contributed by atoms with E-state index >= 15 is 0 Å². The van der Waals surface area contributed by atoms with Crippen molar-refractivity contribution in [3.63, 3.8) is 0 Å². The normalized spacial score (nSPS) is 18.5. The molecular weight excluding hydrogens is 396 g/mol. The van der Waals surface area contributed by atoms with Gasteiger partial charge in [0.2, 0.25) is 0 Å². The highest BCUT2D eigenvalue weighted by atomic mass is 35.5. The quantitative estimate of drug-likeness (QED) is 0.726. The van der Waals surface area contributed by atoms with Crippen molar-refractivity contribution in [1.82, 2.24) is 15.2 Å². The van der Waals surface area contributed by atoms with Crippen LogP contribution in [0.4, 0.5) is 5.69 Å². The maximum Gasteiger partial charge on any atom is 0.270 e. The summed E-state index contributed by atoms with van der Waals surface area (Å²) in [5.41, 5.74) is 2.46. The molecular formula is C24H31ClN4O. The fraction of sp³-hybridized carbons (Fsp3) is 0.500. The van der Waals surface area contributed by atoms with Gasteiger partial charge in [-0.25, -0.2) is 0 Å². The van der Waals surface area contributed by atoms with E-state index in [1.165, 1.54) is 0 Å². The van der Waals surface area contributed by atoms with E-state index < -0.39 is 0 Å². The molecule has 0 radical (unpaired) electrons. The Morgan fingerprint density at radius 2 is 1.90 bits per heavy atom. The van der Waals surface area contributed by atoms with Crippen LogP contribution in [0.25, 0.3) is 0 Å². The average molecular weight is 427 g/mol. The molecule has 1 saturated heterocycles. The summed E-state index contributed by atoms with van der Waals surface area (Å²) in [4.78, 5) is 22.2. The van der Waals surface area contributed by atoms with Gasteiger partial charge in [0.1, 0.15) is 5.69 Å². The first-order valence-electron chi connectivity index (χ1n) is 10.9. The minimum Gasteiger partial charge on any atom is -0.369 e. The van der Waals surface area contributed by atoms with E-state index in [4.69, 9.17) is 11.6 Å². The Labute approximate surface area is 184 Å². The van der Waals surface area contributed by atoms with Crippen molar-refractivity contribution in [2.24, 2.45) is 5.92 Å². The number of hydrogen-bond acceptors (Lipinski definition) is 4. The first-order chi connectivity index (χ1) is 14.4.